The van der Waals surface area contributed by atoms with Crippen LogP contribution in [-0.2, 0) is 0 Å². The van der Waals surface area contributed by atoms with Gasteiger partial charge in [0.25, 0.3) is 0 Å². The van der Waals surface area contributed by atoms with Gasteiger partial charge in [-0.25, -0.2) is 0 Å². The Morgan fingerprint density at radius 1 is 1.62 bits per heavy atom. The van der Waals surface area contributed by atoms with Gasteiger partial charge < -0.3 is 5.73 Å². The predicted molar refractivity (Wildman–Crippen MR) is 57.5 cm³/mol. The van der Waals surface area contributed by atoms with Crippen molar-refractivity contribution in [2.75, 3.05) is 12.3 Å². The molecule has 0 bridgehead atoms. The van der Waals surface area contributed by atoms with Crippen molar-refractivity contribution in [3.05, 3.63) is 0 Å². The van der Waals surface area contributed by atoms with E-state index in [0.717, 1.165) is 25.1 Å². The molecule has 0 aromatic carbocycles. The Balaban J connectivity index is 2.15. The van der Waals surface area contributed by atoms with Crippen LogP contribution in [0.2, 0.25) is 0 Å². The van der Waals surface area contributed by atoms with Crippen molar-refractivity contribution in [3.63, 3.8) is 0 Å². The smallest absolute Gasteiger partial charge is 0.0627 e. The number of nitrogens with two attached hydrogens (primary N) is 1. The van der Waals surface area contributed by atoms with E-state index >= 15 is 0 Å². The first-order valence-corrected chi connectivity index (χ1v) is 5.96. The van der Waals surface area contributed by atoms with Gasteiger partial charge >= 0.3 is 0 Å². The monoisotopic (exact) mass is 198 g/mol. The molecule has 0 aliphatic heterocycles. The van der Waals surface area contributed by atoms with Gasteiger partial charge in [-0.1, -0.05) is 6.92 Å². The normalized spacial score (nSPS) is 20.7. The van der Waals surface area contributed by atoms with E-state index in [1.54, 1.807) is 0 Å². The molecule has 0 saturated heterocycles. The van der Waals surface area contributed by atoms with Gasteiger partial charge in [-0.2, -0.15) is 17.0 Å². The highest BCUT2D eigenvalue weighted by molar-refractivity contribution is 7.99. The zero-order chi connectivity index (χ0) is 9.73. The van der Waals surface area contributed by atoms with Gasteiger partial charge in [0.15, 0.2) is 0 Å². The van der Waals surface area contributed by atoms with Crippen molar-refractivity contribution in [1.82, 2.24) is 0 Å². The molecular formula is C10H18N2S. The van der Waals surface area contributed by atoms with Gasteiger partial charge in [0, 0.05) is 17.4 Å². The lowest BCUT2D eigenvalue weighted by atomic mass is 10.1. The van der Waals surface area contributed by atoms with Crippen LogP contribution in [-0.4, -0.2) is 17.5 Å². The van der Waals surface area contributed by atoms with E-state index in [1.165, 1.54) is 12.8 Å². The lowest BCUT2D eigenvalue weighted by molar-refractivity contribution is 0.602. The van der Waals surface area contributed by atoms with Crippen LogP contribution in [0.4, 0.5) is 0 Å². The van der Waals surface area contributed by atoms with E-state index in [4.69, 9.17) is 11.0 Å². The average molecular weight is 198 g/mol. The molecule has 0 amide bonds. The first-order valence-electron chi connectivity index (χ1n) is 4.91. The van der Waals surface area contributed by atoms with Gasteiger partial charge in [0.05, 0.1) is 6.07 Å². The predicted octanol–water partition coefficient (Wildman–Crippen LogP) is 2.15. The van der Waals surface area contributed by atoms with Crippen LogP contribution in [0.5, 0.6) is 0 Å². The zero-order valence-electron chi connectivity index (χ0n) is 8.25. The maximum absolute atomic E-state index is 8.63. The standard InChI is InChI=1S/C10H18N2S/c1-9(2-6-11)13-8-10(3-4-10)5-7-12/h9H,2-6,8,11H2,1H3. The zero-order valence-corrected chi connectivity index (χ0v) is 9.07. The summed E-state index contributed by atoms with van der Waals surface area (Å²) in [7, 11) is 0. The minimum atomic E-state index is 0.391. The fourth-order valence-corrected chi connectivity index (χ4v) is 2.69. The molecule has 3 heteroatoms. The minimum Gasteiger partial charge on any atom is -0.330 e. The maximum Gasteiger partial charge on any atom is 0.0627 e. The number of hydrogen-bond donors (Lipinski definition) is 1. The van der Waals surface area contributed by atoms with Crippen molar-refractivity contribution in [2.24, 2.45) is 11.1 Å². The molecule has 13 heavy (non-hydrogen) atoms. The third-order valence-electron chi connectivity index (χ3n) is 2.66. The fraction of sp³-hybridized carbons (Fsp3) is 0.900. The van der Waals surface area contributed by atoms with E-state index in [0.29, 0.717) is 10.7 Å². The summed E-state index contributed by atoms with van der Waals surface area (Å²) >= 11 is 1.98. The van der Waals surface area contributed by atoms with Crippen LogP contribution in [0.25, 0.3) is 0 Å². The highest BCUT2D eigenvalue weighted by Gasteiger charge is 2.42. The third kappa shape index (κ3) is 3.58. The largest absolute Gasteiger partial charge is 0.330 e. The van der Waals surface area contributed by atoms with Gasteiger partial charge in [0.1, 0.15) is 0 Å². The van der Waals surface area contributed by atoms with E-state index in [9.17, 15) is 0 Å². The highest BCUT2D eigenvalue weighted by atomic mass is 32.2. The quantitative estimate of drug-likeness (QED) is 0.711. The molecule has 0 radical (unpaired) electrons. The molecule has 1 aliphatic carbocycles. The van der Waals surface area contributed by atoms with E-state index in [-0.39, 0.29) is 0 Å². The van der Waals surface area contributed by atoms with Gasteiger partial charge in [-0.3, -0.25) is 0 Å². The summed E-state index contributed by atoms with van der Waals surface area (Å²) in [5.74, 6) is 1.15. The Morgan fingerprint density at radius 3 is 2.77 bits per heavy atom. The molecule has 1 unspecified atom stereocenters. The van der Waals surface area contributed by atoms with E-state index < -0.39 is 0 Å². The lowest BCUT2D eigenvalue weighted by Gasteiger charge is -2.14. The van der Waals surface area contributed by atoms with Crippen LogP contribution >= 0.6 is 11.8 Å². The molecule has 0 heterocycles. The number of thioether (sulfide) groups is 1. The van der Waals surface area contributed by atoms with Crippen LogP contribution in [0, 0.1) is 16.7 Å². The summed E-state index contributed by atoms with van der Waals surface area (Å²) in [6.45, 7) is 3.00. The molecule has 0 aromatic rings. The SMILES string of the molecule is CC(CCN)SCC1(CC#N)CC1. The Kier molecular flexibility index (Phi) is 4.08. The number of nitrogens with zero attached hydrogens (tertiary/aromatic N) is 1. The molecule has 1 fully saturated rings. The minimum absolute atomic E-state index is 0.391. The first kappa shape index (κ1) is 10.9. The van der Waals surface area contributed by atoms with Crippen molar-refractivity contribution in [1.29, 1.82) is 5.26 Å². The second-order valence-electron chi connectivity index (χ2n) is 4.03. The summed E-state index contributed by atoms with van der Waals surface area (Å²) in [5, 5.41) is 9.29. The lowest BCUT2D eigenvalue weighted by Crippen LogP contribution is -2.11. The van der Waals surface area contributed by atoms with Crippen molar-refractivity contribution < 1.29 is 0 Å². The van der Waals surface area contributed by atoms with Crippen molar-refractivity contribution in [2.45, 2.75) is 37.9 Å². The van der Waals surface area contributed by atoms with E-state index in [2.05, 4.69) is 13.0 Å². The summed E-state index contributed by atoms with van der Waals surface area (Å²) < 4.78 is 0. The number of nitriles is 1. The van der Waals surface area contributed by atoms with Gasteiger partial charge in [-0.05, 0) is 31.2 Å². The molecule has 1 aliphatic rings. The van der Waals surface area contributed by atoms with Crippen LogP contribution in [0.1, 0.15) is 32.6 Å². The second-order valence-corrected chi connectivity index (χ2v) is 5.46. The van der Waals surface area contributed by atoms with Crippen LogP contribution < -0.4 is 5.73 Å². The summed E-state index contributed by atoms with van der Waals surface area (Å²) in [6.07, 6.45) is 4.34. The second kappa shape index (κ2) is 4.88. The molecule has 1 saturated carbocycles. The number of hydrogen-bond acceptors (Lipinski definition) is 3. The molecule has 74 valence electrons. The average Bonchev–Trinajstić information content (AvgIpc) is 2.84. The summed E-state index contributed by atoms with van der Waals surface area (Å²) in [6, 6.07) is 2.29. The van der Waals surface area contributed by atoms with Crippen LogP contribution in [0.3, 0.4) is 0 Å². The molecule has 2 N–H and O–H groups in total. The molecule has 0 aromatic heterocycles. The van der Waals surface area contributed by atoms with E-state index in [1.807, 2.05) is 11.8 Å². The Labute approximate surface area is 84.9 Å². The van der Waals surface area contributed by atoms with Crippen LogP contribution in [0.15, 0.2) is 0 Å². The van der Waals surface area contributed by atoms with Gasteiger partial charge in [0.2, 0.25) is 0 Å². The Bertz CT molecular complexity index is 194. The Hall–Kier alpha value is -0.200. The molecule has 0 spiro atoms. The summed E-state index contributed by atoms with van der Waals surface area (Å²) in [5.41, 5.74) is 5.87. The summed E-state index contributed by atoms with van der Waals surface area (Å²) in [4.78, 5) is 0. The molecule has 1 rings (SSSR count). The molecular weight excluding hydrogens is 180 g/mol. The highest BCUT2D eigenvalue weighted by Crippen LogP contribution is 2.51. The van der Waals surface area contributed by atoms with Crippen molar-refractivity contribution in [3.8, 4) is 6.07 Å². The molecule has 1 atom stereocenters. The topological polar surface area (TPSA) is 49.8 Å². The van der Waals surface area contributed by atoms with Gasteiger partial charge in [-0.15, -0.1) is 0 Å². The third-order valence-corrected chi connectivity index (χ3v) is 4.24. The first-order chi connectivity index (χ1) is 6.22. The Morgan fingerprint density at radius 2 is 2.31 bits per heavy atom. The number of rotatable bonds is 6. The van der Waals surface area contributed by atoms with Crippen molar-refractivity contribution >= 4 is 11.8 Å². The maximum atomic E-state index is 8.63. The molecule has 2 nitrogen and oxygen atoms in total. The fourth-order valence-electron chi connectivity index (χ4n) is 1.35.